The second-order valence-electron chi connectivity index (χ2n) is 6.38. The summed E-state index contributed by atoms with van der Waals surface area (Å²) in [5.41, 5.74) is 2.95. The van der Waals surface area contributed by atoms with E-state index in [1.807, 2.05) is 37.3 Å². The van der Waals surface area contributed by atoms with Crippen molar-refractivity contribution in [2.75, 3.05) is 18.4 Å². The molecule has 0 atom stereocenters. The van der Waals surface area contributed by atoms with Gasteiger partial charge in [-0.15, -0.1) is 0 Å². The predicted molar refractivity (Wildman–Crippen MR) is 94.3 cm³/mol. The number of amides is 2. The largest absolute Gasteiger partial charge is 0.481 e. The van der Waals surface area contributed by atoms with Gasteiger partial charge in [0, 0.05) is 31.8 Å². The molecule has 2 aromatic rings. The van der Waals surface area contributed by atoms with Gasteiger partial charge >= 0.3 is 12.0 Å². The van der Waals surface area contributed by atoms with Crippen LogP contribution in [0.5, 0.6) is 0 Å². The number of rotatable bonds is 3. The smallest absolute Gasteiger partial charge is 0.322 e. The summed E-state index contributed by atoms with van der Waals surface area (Å²) in [6.07, 6.45) is 0.977. The van der Waals surface area contributed by atoms with Crippen molar-refractivity contribution in [3.05, 3.63) is 35.9 Å². The molecule has 0 bridgehead atoms. The Morgan fingerprint density at radius 3 is 2.56 bits per heavy atom. The number of hydrogen-bond acceptors (Lipinski definition) is 3. The van der Waals surface area contributed by atoms with Crippen LogP contribution in [0, 0.1) is 12.8 Å². The van der Waals surface area contributed by atoms with E-state index in [0.29, 0.717) is 31.7 Å². The van der Waals surface area contributed by atoms with E-state index in [4.69, 9.17) is 5.11 Å². The first-order chi connectivity index (χ1) is 12.0. The molecule has 2 amide bonds. The number of urea groups is 1. The second-order valence-corrected chi connectivity index (χ2v) is 6.38. The number of aromatic nitrogens is 2. The zero-order valence-corrected chi connectivity index (χ0v) is 14.4. The Hall–Kier alpha value is -2.83. The number of aryl methyl sites for hydroxylation is 2. The molecular formula is C18H22N4O3. The van der Waals surface area contributed by atoms with Gasteiger partial charge in [-0.3, -0.25) is 14.8 Å². The molecule has 1 aliphatic rings. The Kier molecular flexibility index (Phi) is 4.74. The topological polar surface area (TPSA) is 87.5 Å². The number of carbonyl (C=O) groups is 2. The van der Waals surface area contributed by atoms with Gasteiger partial charge in [0.1, 0.15) is 5.82 Å². The van der Waals surface area contributed by atoms with E-state index >= 15 is 0 Å². The number of carbonyl (C=O) groups excluding carboxylic acids is 1. The highest BCUT2D eigenvalue weighted by molar-refractivity contribution is 5.89. The highest BCUT2D eigenvalue weighted by Gasteiger charge is 2.27. The van der Waals surface area contributed by atoms with Crippen molar-refractivity contribution >= 4 is 17.8 Å². The average molecular weight is 342 g/mol. The van der Waals surface area contributed by atoms with E-state index in [0.717, 1.165) is 16.8 Å². The zero-order chi connectivity index (χ0) is 18.0. The van der Waals surface area contributed by atoms with Crippen LogP contribution in [0.25, 0.3) is 11.3 Å². The minimum Gasteiger partial charge on any atom is -0.481 e. The fourth-order valence-electron chi connectivity index (χ4n) is 3.09. The first-order valence-electron chi connectivity index (χ1n) is 8.34. The van der Waals surface area contributed by atoms with Gasteiger partial charge in [-0.25, -0.2) is 4.79 Å². The Labute approximate surface area is 146 Å². The van der Waals surface area contributed by atoms with Crippen molar-refractivity contribution in [2.45, 2.75) is 19.8 Å². The third kappa shape index (κ3) is 3.65. The molecule has 1 aromatic heterocycles. The number of nitrogens with one attached hydrogen (secondary N) is 1. The Balaban J connectivity index is 1.69. The molecule has 1 fully saturated rings. The van der Waals surface area contributed by atoms with Gasteiger partial charge in [-0.2, -0.15) is 5.10 Å². The number of piperidine rings is 1. The summed E-state index contributed by atoms with van der Waals surface area (Å²) in [5.74, 6) is -0.522. The minimum absolute atomic E-state index is 0.219. The van der Waals surface area contributed by atoms with Crippen molar-refractivity contribution in [1.82, 2.24) is 14.7 Å². The van der Waals surface area contributed by atoms with Gasteiger partial charge in [0.05, 0.1) is 11.6 Å². The summed E-state index contributed by atoms with van der Waals surface area (Å²) >= 11 is 0. The summed E-state index contributed by atoms with van der Waals surface area (Å²) in [5, 5.41) is 16.4. The Morgan fingerprint density at radius 1 is 1.24 bits per heavy atom. The summed E-state index contributed by atoms with van der Waals surface area (Å²) in [6, 6.07) is 9.59. The molecule has 0 spiro atoms. The fraction of sp³-hybridized carbons (Fsp3) is 0.389. The van der Waals surface area contributed by atoms with Gasteiger partial charge in [-0.1, -0.05) is 24.3 Å². The standard InChI is InChI=1S/C18H22N4O3/c1-12-5-3-4-6-14(12)15-11-16(21(2)20-15)19-18(25)22-9-7-13(8-10-22)17(23)24/h3-6,11,13H,7-10H2,1-2H3,(H,19,25)(H,23,24). The molecule has 0 saturated carbocycles. The number of nitrogens with zero attached hydrogens (tertiary/aromatic N) is 3. The van der Waals surface area contributed by atoms with Crippen LogP contribution in [-0.4, -0.2) is 44.9 Å². The lowest BCUT2D eigenvalue weighted by atomic mass is 9.97. The maximum atomic E-state index is 12.4. The van der Waals surface area contributed by atoms with Crippen LogP contribution in [0.15, 0.2) is 30.3 Å². The van der Waals surface area contributed by atoms with Crippen molar-refractivity contribution in [3.8, 4) is 11.3 Å². The van der Waals surface area contributed by atoms with E-state index in [1.54, 1.807) is 16.6 Å². The molecule has 132 valence electrons. The van der Waals surface area contributed by atoms with Crippen LogP contribution in [0.2, 0.25) is 0 Å². The molecule has 7 heteroatoms. The van der Waals surface area contributed by atoms with Crippen molar-refractivity contribution in [2.24, 2.45) is 13.0 Å². The van der Waals surface area contributed by atoms with E-state index in [1.165, 1.54) is 0 Å². The lowest BCUT2D eigenvalue weighted by Gasteiger charge is -2.30. The maximum absolute atomic E-state index is 12.4. The van der Waals surface area contributed by atoms with Crippen LogP contribution in [-0.2, 0) is 11.8 Å². The molecule has 0 radical (unpaired) electrons. The Morgan fingerprint density at radius 2 is 1.92 bits per heavy atom. The van der Waals surface area contributed by atoms with Gasteiger partial charge < -0.3 is 10.0 Å². The molecular weight excluding hydrogens is 320 g/mol. The quantitative estimate of drug-likeness (QED) is 0.898. The first-order valence-corrected chi connectivity index (χ1v) is 8.34. The molecule has 1 aromatic carbocycles. The second kappa shape index (κ2) is 6.96. The molecule has 7 nitrogen and oxygen atoms in total. The SMILES string of the molecule is Cc1ccccc1-c1cc(NC(=O)N2CCC(C(=O)O)CC2)n(C)n1. The minimum atomic E-state index is -0.783. The van der Waals surface area contributed by atoms with E-state index in [2.05, 4.69) is 10.4 Å². The van der Waals surface area contributed by atoms with Crippen molar-refractivity contribution in [1.29, 1.82) is 0 Å². The summed E-state index contributed by atoms with van der Waals surface area (Å²) in [7, 11) is 1.79. The third-order valence-corrected chi connectivity index (χ3v) is 4.67. The number of hydrogen-bond donors (Lipinski definition) is 2. The van der Waals surface area contributed by atoms with E-state index in [9.17, 15) is 9.59 Å². The molecule has 1 aliphatic heterocycles. The van der Waals surface area contributed by atoms with Crippen LogP contribution in [0.4, 0.5) is 10.6 Å². The van der Waals surface area contributed by atoms with Crippen molar-refractivity contribution < 1.29 is 14.7 Å². The predicted octanol–water partition coefficient (Wildman–Crippen LogP) is 2.72. The molecule has 3 rings (SSSR count). The summed E-state index contributed by atoms with van der Waals surface area (Å²) < 4.78 is 1.64. The van der Waals surface area contributed by atoms with Crippen LogP contribution < -0.4 is 5.32 Å². The molecule has 1 saturated heterocycles. The highest BCUT2D eigenvalue weighted by atomic mass is 16.4. The zero-order valence-electron chi connectivity index (χ0n) is 14.4. The van der Waals surface area contributed by atoms with E-state index in [-0.39, 0.29) is 11.9 Å². The lowest BCUT2D eigenvalue weighted by molar-refractivity contribution is -0.143. The lowest BCUT2D eigenvalue weighted by Crippen LogP contribution is -2.42. The van der Waals surface area contributed by atoms with Gasteiger partial charge in [-0.05, 0) is 25.3 Å². The summed E-state index contributed by atoms with van der Waals surface area (Å²) in [6.45, 7) is 2.92. The normalized spacial score (nSPS) is 15.2. The Bertz CT molecular complexity index is 791. The molecule has 25 heavy (non-hydrogen) atoms. The number of carboxylic acid groups (broad SMARTS) is 1. The monoisotopic (exact) mass is 342 g/mol. The van der Waals surface area contributed by atoms with Gasteiger partial charge in [0.15, 0.2) is 0 Å². The van der Waals surface area contributed by atoms with Crippen LogP contribution in [0.1, 0.15) is 18.4 Å². The molecule has 2 N–H and O–H groups in total. The van der Waals surface area contributed by atoms with Crippen LogP contribution in [0.3, 0.4) is 0 Å². The number of aliphatic carboxylic acids is 1. The van der Waals surface area contributed by atoms with Gasteiger partial charge in [0.2, 0.25) is 0 Å². The highest BCUT2D eigenvalue weighted by Crippen LogP contribution is 2.25. The average Bonchev–Trinajstić information content (AvgIpc) is 2.95. The fourth-order valence-corrected chi connectivity index (χ4v) is 3.09. The van der Waals surface area contributed by atoms with Crippen LogP contribution >= 0.6 is 0 Å². The van der Waals surface area contributed by atoms with E-state index < -0.39 is 5.97 Å². The molecule has 0 aliphatic carbocycles. The number of benzene rings is 1. The number of anilines is 1. The van der Waals surface area contributed by atoms with Gasteiger partial charge in [0.25, 0.3) is 0 Å². The maximum Gasteiger partial charge on any atom is 0.322 e. The summed E-state index contributed by atoms with van der Waals surface area (Å²) in [4.78, 5) is 25.1. The number of likely N-dealkylation sites (tertiary alicyclic amines) is 1. The first kappa shape index (κ1) is 17.0. The van der Waals surface area contributed by atoms with Crippen molar-refractivity contribution in [3.63, 3.8) is 0 Å². The molecule has 0 unspecified atom stereocenters. The molecule has 2 heterocycles. The third-order valence-electron chi connectivity index (χ3n) is 4.67. The number of carboxylic acids is 1.